The average Bonchev–Trinajstić information content (AvgIpc) is 3.03. The molecule has 1 aromatic carbocycles. The van der Waals surface area contributed by atoms with E-state index >= 15 is 0 Å². The number of carbonyl (C=O) groups excluding carboxylic acids is 1. The lowest BCUT2D eigenvalue weighted by Gasteiger charge is -2.35. The summed E-state index contributed by atoms with van der Waals surface area (Å²) in [6.45, 7) is 2.59. The third kappa shape index (κ3) is 4.95. The summed E-state index contributed by atoms with van der Waals surface area (Å²) in [5, 5.41) is 11.8. The van der Waals surface area contributed by atoms with Crippen LogP contribution >= 0.6 is 0 Å². The van der Waals surface area contributed by atoms with Crippen LogP contribution in [0, 0.1) is 0 Å². The molecule has 2 N–H and O–H groups in total. The van der Waals surface area contributed by atoms with Gasteiger partial charge in [0.2, 0.25) is 5.91 Å². The van der Waals surface area contributed by atoms with Crippen LogP contribution in [0.2, 0.25) is 0 Å². The Morgan fingerprint density at radius 1 is 1.31 bits per heavy atom. The fraction of sp³-hybridized carbons (Fsp3) is 0.579. The number of hydrogen-bond donors (Lipinski definition) is 2. The number of nitrogens with zero attached hydrogens (tertiary/aromatic N) is 2. The molecule has 2 aliphatic rings. The minimum absolute atomic E-state index is 0.00625. The molecule has 0 spiro atoms. The maximum absolute atomic E-state index is 12.2. The molecule has 7 nitrogen and oxygen atoms in total. The van der Waals surface area contributed by atoms with E-state index in [9.17, 15) is 9.59 Å². The van der Waals surface area contributed by atoms with Gasteiger partial charge in [0.15, 0.2) is 0 Å². The molecule has 26 heavy (non-hydrogen) atoms. The molecular weight excluding hydrogens is 334 g/mol. The molecule has 1 amide bonds. The Hall–Kier alpha value is -2.12. The molecule has 0 radical (unpaired) electrons. The van der Waals surface area contributed by atoms with Crippen molar-refractivity contribution in [2.45, 2.75) is 31.4 Å². The van der Waals surface area contributed by atoms with Gasteiger partial charge in [0.25, 0.3) is 0 Å². The fourth-order valence-corrected chi connectivity index (χ4v) is 3.72. The van der Waals surface area contributed by atoms with Crippen molar-refractivity contribution in [3.05, 3.63) is 29.8 Å². The Balaban J connectivity index is 1.34. The third-order valence-corrected chi connectivity index (χ3v) is 5.17. The van der Waals surface area contributed by atoms with Crippen molar-refractivity contribution in [2.24, 2.45) is 0 Å². The fourth-order valence-electron chi connectivity index (χ4n) is 3.72. The van der Waals surface area contributed by atoms with Crippen molar-refractivity contribution in [1.29, 1.82) is 0 Å². The number of fused-ring (bicyclic) bond motifs is 1. The lowest BCUT2D eigenvalue weighted by atomic mass is 10.0. The molecule has 1 aromatic rings. The number of piperidine rings is 1. The van der Waals surface area contributed by atoms with Gasteiger partial charge in [-0.1, -0.05) is 18.2 Å². The number of ether oxygens (including phenoxy) is 1. The number of likely N-dealkylation sites (tertiary alicyclic amines) is 1. The monoisotopic (exact) mass is 361 g/mol. The Labute approximate surface area is 153 Å². The van der Waals surface area contributed by atoms with Crippen molar-refractivity contribution in [3.63, 3.8) is 0 Å². The SMILES string of the molecule is CN(CC(=O)O)C1CCN(CC(=O)NCC2Cc3ccccc3O2)CC1. The van der Waals surface area contributed by atoms with Crippen LogP contribution in [0.5, 0.6) is 5.75 Å². The summed E-state index contributed by atoms with van der Waals surface area (Å²) in [6, 6.07) is 8.25. The van der Waals surface area contributed by atoms with Crippen LogP contribution in [0.15, 0.2) is 24.3 Å². The molecule has 0 bridgehead atoms. The van der Waals surface area contributed by atoms with Crippen LogP contribution in [0.4, 0.5) is 0 Å². The number of carbonyl (C=O) groups is 2. The first-order valence-corrected chi connectivity index (χ1v) is 9.17. The molecule has 2 aliphatic heterocycles. The smallest absolute Gasteiger partial charge is 0.317 e. The maximum Gasteiger partial charge on any atom is 0.317 e. The number of benzene rings is 1. The number of carboxylic acid groups (broad SMARTS) is 1. The van der Waals surface area contributed by atoms with E-state index in [-0.39, 0.29) is 24.6 Å². The van der Waals surface area contributed by atoms with Gasteiger partial charge >= 0.3 is 5.97 Å². The number of para-hydroxylation sites is 1. The highest BCUT2D eigenvalue weighted by molar-refractivity contribution is 5.78. The van der Waals surface area contributed by atoms with E-state index < -0.39 is 5.97 Å². The van der Waals surface area contributed by atoms with E-state index in [1.165, 1.54) is 5.56 Å². The first-order valence-electron chi connectivity index (χ1n) is 9.17. The first-order chi connectivity index (χ1) is 12.5. The Bertz CT molecular complexity index is 618. The normalized spacial score (nSPS) is 20.6. The molecule has 1 unspecified atom stereocenters. The second-order valence-corrected chi connectivity index (χ2v) is 7.17. The van der Waals surface area contributed by atoms with Gasteiger partial charge < -0.3 is 15.2 Å². The lowest BCUT2D eigenvalue weighted by molar-refractivity contribution is -0.138. The molecule has 0 aromatic heterocycles. The predicted octanol–water partition coefficient (Wildman–Crippen LogP) is 0.587. The zero-order chi connectivity index (χ0) is 18.5. The quantitative estimate of drug-likeness (QED) is 0.740. The Morgan fingerprint density at radius 2 is 2.04 bits per heavy atom. The van der Waals surface area contributed by atoms with Gasteiger partial charge in [-0.05, 0) is 31.5 Å². The van der Waals surface area contributed by atoms with Gasteiger partial charge in [-0.25, -0.2) is 0 Å². The van der Waals surface area contributed by atoms with Crippen LogP contribution in [-0.4, -0.2) is 78.7 Å². The lowest BCUT2D eigenvalue weighted by Crippen LogP contribution is -2.48. The average molecular weight is 361 g/mol. The van der Waals surface area contributed by atoms with Crippen molar-refractivity contribution in [2.75, 3.05) is 39.8 Å². The highest BCUT2D eigenvalue weighted by Gasteiger charge is 2.26. The molecule has 0 aliphatic carbocycles. The number of rotatable bonds is 7. The van der Waals surface area contributed by atoms with Crippen molar-refractivity contribution >= 4 is 11.9 Å². The number of likely N-dealkylation sites (N-methyl/N-ethyl adjacent to an activating group) is 1. The molecule has 1 fully saturated rings. The summed E-state index contributed by atoms with van der Waals surface area (Å²) in [5.41, 5.74) is 1.19. The highest BCUT2D eigenvalue weighted by Crippen LogP contribution is 2.27. The van der Waals surface area contributed by atoms with Crippen LogP contribution in [0.1, 0.15) is 18.4 Å². The summed E-state index contributed by atoms with van der Waals surface area (Å²) < 4.78 is 5.84. The molecule has 7 heteroatoms. The minimum atomic E-state index is -0.800. The largest absolute Gasteiger partial charge is 0.488 e. The van der Waals surface area contributed by atoms with E-state index in [1.54, 1.807) is 0 Å². The number of carboxylic acids is 1. The molecule has 1 atom stereocenters. The topological polar surface area (TPSA) is 82.1 Å². The summed E-state index contributed by atoms with van der Waals surface area (Å²) in [7, 11) is 1.85. The number of aliphatic carboxylic acids is 1. The zero-order valence-electron chi connectivity index (χ0n) is 15.2. The van der Waals surface area contributed by atoms with Crippen molar-refractivity contribution in [3.8, 4) is 5.75 Å². The Morgan fingerprint density at radius 3 is 2.73 bits per heavy atom. The van der Waals surface area contributed by atoms with Crippen molar-refractivity contribution < 1.29 is 19.4 Å². The van der Waals surface area contributed by atoms with E-state index in [4.69, 9.17) is 9.84 Å². The van der Waals surface area contributed by atoms with E-state index in [1.807, 2.05) is 30.1 Å². The number of nitrogens with one attached hydrogen (secondary N) is 1. The van der Waals surface area contributed by atoms with Crippen LogP contribution in [0.3, 0.4) is 0 Å². The van der Waals surface area contributed by atoms with E-state index in [2.05, 4.69) is 16.3 Å². The van der Waals surface area contributed by atoms with Gasteiger partial charge in [0, 0.05) is 25.6 Å². The summed E-state index contributed by atoms with van der Waals surface area (Å²) in [4.78, 5) is 27.0. The summed E-state index contributed by atoms with van der Waals surface area (Å²) in [6.07, 6.45) is 2.61. The third-order valence-electron chi connectivity index (χ3n) is 5.17. The van der Waals surface area contributed by atoms with E-state index in [0.717, 1.165) is 38.1 Å². The summed E-state index contributed by atoms with van der Waals surface area (Å²) >= 11 is 0. The molecule has 2 heterocycles. The van der Waals surface area contributed by atoms with Gasteiger partial charge in [-0.2, -0.15) is 0 Å². The molecular formula is C19H27N3O4. The molecule has 0 saturated carbocycles. The van der Waals surface area contributed by atoms with Crippen LogP contribution in [-0.2, 0) is 16.0 Å². The van der Waals surface area contributed by atoms with Crippen LogP contribution in [0.25, 0.3) is 0 Å². The first kappa shape index (κ1) is 18.7. The molecule has 3 rings (SSSR count). The van der Waals surface area contributed by atoms with Gasteiger partial charge in [0.1, 0.15) is 11.9 Å². The van der Waals surface area contributed by atoms with Gasteiger partial charge in [-0.15, -0.1) is 0 Å². The Kier molecular flexibility index (Phi) is 6.11. The predicted molar refractivity (Wildman–Crippen MR) is 97.3 cm³/mol. The highest BCUT2D eigenvalue weighted by atomic mass is 16.5. The number of amides is 1. The van der Waals surface area contributed by atoms with Crippen LogP contribution < -0.4 is 10.1 Å². The second-order valence-electron chi connectivity index (χ2n) is 7.17. The second kappa shape index (κ2) is 8.51. The molecule has 1 saturated heterocycles. The zero-order valence-corrected chi connectivity index (χ0v) is 15.2. The maximum atomic E-state index is 12.2. The van der Waals surface area contributed by atoms with E-state index in [0.29, 0.717) is 13.1 Å². The van der Waals surface area contributed by atoms with Crippen molar-refractivity contribution in [1.82, 2.24) is 15.1 Å². The standard InChI is InChI=1S/C19H27N3O4/c1-21(13-19(24)25)15-6-8-22(9-7-15)12-18(23)20-11-16-10-14-4-2-3-5-17(14)26-16/h2-5,15-16H,6-13H2,1H3,(H,20,23)(H,24,25). The number of hydrogen-bond acceptors (Lipinski definition) is 5. The summed E-state index contributed by atoms with van der Waals surface area (Å²) in [5.74, 6) is 0.131. The van der Waals surface area contributed by atoms with Gasteiger partial charge in [-0.3, -0.25) is 19.4 Å². The minimum Gasteiger partial charge on any atom is -0.488 e. The van der Waals surface area contributed by atoms with Gasteiger partial charge in [0.05, 0.1) is 19.6 Å². The molecule has 142 valence electrons.